The van der Waals surface area contributed by atoms with E-state index in [1.807, 2.05) is 0 Å². The van der Waals surface area contributed by atoms with E-state index in [-0.39, 0.29) is 5.70 Å². The predicted molar refractivity (Wildman–Crippen MR) is 47.3 cm³/mol. The van der Waals surface area contributed by atoms with Crippen LogP contribution in [0.5, 0.6) is 0 Å². The molecule has 0 fully saturated rings. The van der Waals surface area contributed by atoms with Crippen molar-refractivity contribution in [1.82, 2.24) is 0 Å². The van der Waals surface area contributed by atoms with Gasteiger partial charge in [0.15, 0.2) is 5.70 Å². The third-order valence-electron chi connectivity index (χ3n) is 1.88. The van der Waals surface area contributed by atoms with Crippen molar-refractivity contribution in [3.8, 4) is 0 Å². The van der Waals surface area contributed by atoms with E-state index in [4.69, 9.17) is 5.11 Å². The van der Waals surface area contributed by atoms with Crippen molar-refractivity contribution in [2.45, 2.75) is 5.54 Å². The standard InChI is InChI=1S/C8H8N2O6/c1-15-5(11)4-3-8(6(12)13,10-9-4)7(14)16-2/h3H,1-2H3,(H,12,13). The molecule has 1 atom stereocenters. The number of aliphatic carboxylic acids is 1. The van der Waals surface area contributed by atoms with E-state index in [1.54, 1.807) is 0 Å². The van der Waals surface area contributed by atoms with E-state index >= 15 is 0 Å². The highest BCUT2D eigenvalue weighted by Crippen LogP contribution is 2.26. The Kier molecular flexibility index (Phi) is 3.02. The Morgan fingerprint density at radius 3 is 2.38 bits per heavy atom. The first-order chi connectivity index (χ1) is 7.47. The minimum Gasteiger partial charge on any atom is -0.479 e. The molecule has 0 aliphatic carbocycles. The molecule has 0 saturated carbocycles. The summed E-state index contributed by atoms with van der Waals surface area (Å²) in [6.07, 6.45) is 0.785. The lowest BCUT2D eigenvalue weighted by Crippen LogP contribution is -2.42. The summed E-state index contributed by atoms with van der Waals surface area (Å²) in [7, 11) is 2.10. The molecule has 0 aromatic rings. The first kappa shape index (κ1) is 11.8. The van der Waals surface area contributed by atoms with Crippen molar-refractivity contribution in [3.63, 3.8) is 0 Å². The van der Waals surface area contributed by atoms with Gasteiger partial charge in [-0.25, -0.2) is 14.4 Å². The van der Waals surface area contributed by atoms with Gasteiger partial charge in [0.2, 0.25) is 0 Å². The summed E-state index contributed by atoms with van der Waals surface area (Å²) in [6, 6.07) is 0. The normalized spacial score (nSPS) is 22.5. The highest BCUT2D eigenvalue weighted by Gasteiger charge is 2.50. The number of carboxylic acids is 1. The van der Waals surface area contributed by atoms with Crippen LogP contribution in [0, 0.1) is 0 Å². The number of nitrogens with zero attached hydrogens (tertiary/aromatic N) is 2. The Balaban J connectivity index is 3.16. The second-order valence-corrected chi connectivity index (χ2v) is 2.78. The number of carbonyl (C=O) groups excluding carboxylic acids is 2. The zero-order valence-electron chi connectivity index (χ0n) is 8.46. The molecule has 0 bridgehead atoms. The topological polar surface area (TPSA) is 115 Å². The second kappa shape index (κ2) is 4.09. The summed E-state index contributed by atoms with van der Waals surface area (Å²) in [4.78, 5) is 33.3. The SMILES string of the molecule is COC(=O)C1=CC(C(=O)O)(C(=O)OC)N=N1. The molecule has 8 nitrogen and oxygen atoms in total. The van der Waals surface area contributed by atoms with Crippen LogP contribution in [-0.4, -0.2) is 42.8 Å². The molecule has 1 heterocycles. The Bertz CT molecular complexity index is 413. The van der Waals surface area contributed by atoms with Gasteiger partial charge in [-0.05, 0) is 0 Å². The Labute approximate surface area is 89.6 Å². The van der Waals surface area contributed by atoms with E-state index in [0.29, 0.717) is 0 Å². The van der Waals surface area contributed by atoms with Gasteiger partial charge in [0, 0.05) is 6.08 Å². The number of hydrogen-bond donors (Lipinski definition) is 1. The summed E-state index contributed by atoms with van der Waals surface area (Å²) in [5.41, 5.74) is -2.64. The predicted octanol–water partition coefficient (Wildman–Crippen LogP) is -0.495. The average molecular weight is 228 g/mol. The number of esters is 2. The molecule has 0 radical (unpaired) electrons. The fourth-order valence-corrected chi connectivity index (χ4v) is 1.04. The van der Waals surface area contributed by atoms with Crippen LogP contribution in [0.1, 0.15) is 0 Å². The zero-order chi connectivity index (χ0) is 12.3. The van der Waals surface area contributed by atoms with Crippen LogP contribution in [0.3, 0.4) is 0 Å². The third kappa shape index (κ3) is 1.64. The molecule has 0 aromatic carbocycles. The van der Waals surface area contributed by atoms with Gasteiger partial charge < -0.3 is 14.6 Å². The molecular weight excluding hydrogens is 220 g/mol. The molecule has 0 aromatic heterocycles. The van der Waals surface area contributed by atoms with Gasteiger partial charge in [-0.15, -0.1) is 5.11 Å². The molecule has 1 rings (SSSR count). The number of hydrogen-bond acceptors (Lipinski definition) is 7. The van der Waals surface area contributed by atoms with Crippen LogP contribution in [0.2, 0.25) is 0 Å². The maximum atomic E-state index is 11.3. The van der Waals surface area contributed by atoms with Crippen LogP contribution < -0.4 is 0 Å². The van der Waals surface area contributed by atoms with Crippen molar-refractivity contribution in [3.05, 3.63) is 11.8 Å². The van der Waals surface area contributed by atoms with Crippen LogP contribution in [0.25, 0.3) is 0 Å². The minimum atomic E-state index is -2.29. The Hall–Kier alpha value is -2.25. The molecule has 0 saturated heterocycles. The third-order valence-corrected chi connectivity index (χ3v) is 1.88. The maximum absolute atomic E-state index is 11.3. The number of ether oxygens (including phenoxy) is 2. The average Bonchev–Trinajstić information content (AvgIpc) is 2.73. The molecule has 1 N–H and O–H groups in total. The van der Waals surface area contributed by atoms with E-state index in [1.165, 1.54) is 0 Å². The van der Waals surface area contributed by atoms with Gasteiger partial charge in [-0.3, -0.25) is 0 Å². The quantitative estimate of drug-likeness (QED) is 0.514. The van der Waals surface area contributed by atoms with Gasteiger partial charge in [0.25, 0.3) is 5.54 Å². The molecule has 8 heteroatoms. The lowest BCUT2D eigenvalue weighted by molar-refractivity contribution is -0.156. The number of azo groups is 1. The Morgan fingerprint density at radius 2 is 1.94 bits per heavy atom. The molecule has 1 aliphatic heterocycles. The lowest BCUT2D eigenvalue weighted by Gasteiger charge is -2.12. The van der Waals surface area contributed by atoms with Crippen molar-refractivity contribution in [2.24, 2.45) is 10.2 Å². The van der Waals surface area contributed by atoms with Crippen molar-refractivity contribution < 1.29 is 29.0 Å². The van der Waals surface area contributed by atoms with Gasteiger partial charge in [-0.2, -0.15) is 5.11 Å². The van der Waals surface area contributed by atoms with Gasteiger partial charge in [0.05, 0.1) is 14.2 Å². The molecular formula is C8H8N2O6. The second-order valence-electron chi connectivity index (χ2n) is 2.78. The number of rotatable bonds is 3. The van der Waals surface area contributed by atoms with E-state index in [0.717, 1.165) is 20.3 Å². The van der Waals surface area contributed by atoms with E-state index < -0.39 is 23.4 Å². The number of carbonyl (C=O) groups is 3. The summed E-state index contributed by atoms with van der Waals surface area (Å²) in [6.45, 7) is 0. The van der Waals surface area contributed by atoms with Gasteiger partial charge >= 0.3 is 17.9 Å². The summed E-state index contributed by atoms with van der Waals surface area (Å²) in [5.74, 6) is -3.60. The van der Waals surface area contributed by atoms with E-state index in [2.05, 4.69) is 19.7 Å². The van der Waals surface area contributed by atoms with Crippen molar-refractivity contribution >= 4 is 17.9 Å². The largest absolute Gasteiger partial charge is 0.479 e. The molecule has 1 aliphatic rings. The van der Waals surface area contributed by atoms with Crippen LogP contribution >= 0.6 is 0 Å². The molecule has 0 spiro atoms. The molecule has 0 amide bonds. The van der Waals surface area contributed by atoms with Crippen LogP contribution in [-0.2, 0) is 23.9 Å². The number of carboxylic acid groups (broad SMARTS) is 1. The van der Waals surface area contributed by atoms with E-state index in [9.17, 15) is 14.4 Å². The van der Waals surface area contributed by atoms with Crippen LogP contribution in [0.15, 0.2) is 22.0 Å². The van der Waals surface area contributed by atoms with Crippen molar-refractivity contribution in [1.29, 1.82) is 0 Å². The molecule has 86 valence electrons. The zero-order valence-corrected chi connectivity index (χ0v) is 8.46. The summed E-state index contributed by atoms with van der Waals surface area (Å²) < 4.78 is 8.60. The highest BCUT2D eigenvalue weighted by atomic mass is 16.5. The summed E-state index contributed by atoms with van der Waals surface area (Å²) >= 11 is 0. The summed E-state index contributed by atoms with van der Waals surface area (Å²) in [5, 5.41) is 15.4. The number of methoxy groups -OCH3 is 2. The lowest BCUT2D eigenvalue weighted by atomic mass is 10.0. The van der Waals surface area contributed by atoms with Crippen LogP contribution in [0.4, 0.5) is 0 Å². The van der Waals surface area contributed by atoms with Gasteiger partial charge in [-0.1, -0.05) is 0 Å². The minimum absolute atomic E-state index is 0.352. The fourth-order valence-electron chi connectivity index (χ4n) is 1.04. The Morgan fingerprint density at radius 1 is 1.31 bits per heavy atom. The highest BCUT2D eigenvalue weighted by molar-refractivity contribution is 6.08. The monoisotopic (exact) mass is 228 g/mol. The molecule has 16 heavy (non-hydrogen) atoms. The first-order valence-corrected chi connectivity index (χ1v) is 4.04. The maximum Gasteiger partial charge on any atom is 0.358 e. The first-order valence-electron chi connectivity index (χ1n) is 4.04. The van der Waals surface area contributed by atoms with Crippen molar-refractivity contribution in [2.75, 3.05) is 14.2 Å². The van der Waals surface area contributed by atoms with Gasteiger partial charge in [0.1, 0.15) is 0 Å². The molecule has 1 unspecified atom stereocenters. The fraction of sp³-hybridized carbons (Fsp3) is 0.375. The smallest absolute Gasteiger partial charge is 0.358 e.